The van der Waals surface area contributed by atoms with Gasteiger partial charge in [0.2, 0.25) is 0 Å². The normalized spacial score (nSPS) is 9.59. The molecular weight excluding hydrogens is 396 g/mol. The summed E-state index contributed by atoms with van der Waals surface area (Å²) in [5.74, 6) is 0.476. The predicted molar refractivity (Wildman–Crippen MR) is 107 cm³/mol. The number of hydrogen-bond donors (Lipinski definition) is 4. The molecule has 0 fully saturated rings. The van der Waals surface area contributed by atoms with Gasteiger partial charge in [0.05, 0.1) is 25.6 Å². The third-order valence-corrected chi connectivity index (χ3v) is 3.21. The molecule has 148 valence electrons. The number of rotatable bonds is 6. The Bertz CT molecular complexity index is 701. The molecule has 0 aromatic heterocycles. The number of nitrogens with one attached hydrogen (secondary N) is 4. The van der Waals surface area contributed by atoms with Crippen molar-refractivity contribution in [3.05, 3.63) is 18.2 Å². The maximum Gasteiger partial charge on any atom is 0.413 e. The third kappa shape index (κ3) is 8.48. The molecule has 27 heavy (non-hydrogen) atoms. The van der Waals surface area contributed by atoms with E-state index in [1.165, 1.54) is 14.2 Å². The van der Waals surface area contributed by atoms with Gasteiger partial charge in [-0.1, -0.05) is 0 Å². The Morgan fingerprint density at radius 1 is 0.963 bits per heavy atom. The minimum Gasteiger partial charge on any atom is -0.467 e. The van der Waals surface area contributed by atoms with Gasteiger partial charge in [0.1, 0.15) is 5.75 Å². The van der Waals surface area contributed by atoms with Crippen LogP contribution in [0.3, 0.4) is 0 Å². The van der Waals surface area contributed by atoms with Crippen LogP contribution in [0, 0.1) is 0 Å². The lowest BCUT2D eigenvalue weighted by Gasteiger charge is -2.17. The molecule has 0 aliphatic carbocycles. The molecule has 1 rings (SSSR count). The molecule has 1 aromatic rings. The van der Waals surface area contributed by atoms with E-state index in [0.717, 1.165) is 0 Å². The van der Waals surface area contributed by atoms with Crippen molar-refractivity contribution in [3.8, 4) is 5.75 Å². The second-order valence-electron chi connectivity index (χ2n) is 4.60. The van der Waals surface area contributed by atoms with Gasteiger partial charge < -0.3 is 29.6 Å². The minimum absolute atomic E-state index is 0.000250. The standard InChI is InChI=1S/C15H20N4O6S2/c1-4-24-8-25-9-5-6-10(16-12(26)18-14(20)22-2)11(7-9)17-13(27)19-15(21)23-3/h5-7H,4,8H2,1-3H3,(H2,16,18,20,26)(H2,17,19,21,27). The van der Waals surface area contributed by atoms with E-state index in [9.17, 15) is 9.59 Å². The Balaban J connectivity index is 2.94. The van der Waals surface area contributed by atoms with Crippen molar-refractivity contribution in [2.45, 2.75) is 6.92 Å². The molecule has 0 atom stereocenters. The predicted octanol–water partition coefficient (Wildman–Crippen LogP) is 2.17. The second kappa shape index (κ2) is 11.8. The van der Waals surface area contributed by atoms with Crippen LogP contribution in [0.2, 0.25) is 0 Å². The van der Waals surface area contributed by atoms with E-state index in [4.69, 9.17) is 33.9 Å². The molecule has 0 saturated carbocycles. The maximum absolute atomic E-state index is 11.3. The van der Waals surface area contributed by atoms with Crippen molar-refractivity contribution < 1.29 is 28.5 Å². The lowest BCUT2D eigenvalue weighted by Crippen LogP contribution is -2.35. The molecule has 0 bridgehead atoms. The lowest BCUT2D eigenvalue weighted by atomic mass is 10.2. The molecule has 0 spiro atoms. The molecule has 0 unspecified atom stereocenters. The molecule has 1 aromatic carbocycles. The Kier molecular flexibility index (Phi) is 9.79. The zero-order chi connectivity index (χ0) is 20.2. The summed E-state index contributed by atoms with van der Waals surface area (Å²) in [5, 5.41) is 10.2. The van der Waals surface area contributed by atoms with Crippen molar-refractivity contribution >= 4 is 58.2 Å². The first kappa shape index (κ1) is 22.3. The summed E-state index contributed by atoms with van der Waals surface area (Å²) < 4.78 is 19.5. The van der Waals surface area contributed by atoms with Crippen LogP contribution in [0.5, 0.6) is 5.75 Å². The highest BCUT2D eigenvalue weighted by Crippen LogP contribution is 2.27. The minimum atomic E-state index is -0.728. The number of ether oxygens (including phenoxy) is 4. The zero-order valence-corrected chi connectivity index (χ0v) is 16.5. The number of amides is 2. The highest BCUT2D eigenvalue weighted by molar-refractivity contribution is 7.80. The van der Waals surface area contributed by atoms with Crippen molar-refractivity contribution in [3.63, 3.8) is 0 Å². The largest absolute Gasteiger partial charge is 0.467 e. The van der Waals surface area contributed by atoms with Crippen molar-refractivity contribution in [2.75, 3.05) is 38.3 Å². The van der Waals surface area contributed by atoms with Crippen LogP contribution >= 0.6 is 24.4 Å². The van der Waals surface area contributed by atoms with Gasteiger partial charge in [0, 0.05) is 12.7 Å². The molecule has 0 aliphatic rings. The van der Waals surface area contributed by atoms with Gasteiger partial charge in [-0.05, 0) is 43.5 Å². The number of anilines is 2. The highest BCUT2D eigenvalue weighted by atomic mass is 32.1. The molecular formula is C15H20N4O6S2. The SMILES string of the molecule is CCOCOc1ccc(NC(=S)NC(=O)OC)c(NC(=S)NC(=O)OC)c1. The quantitative estimate of drug-likeness (QED) is 0.312. The Morgan fingerprint density at radius 2 is 1.52 bits per heavy atom. The number of hydrogen-bond acceptors (Lipinski definition) is 8. The van der Waals surface area contributed by atoms with Crippen LogP contribution in [0.15, 0.2) is 18.2 Å². The summed E-state index contributed by atoms with van der Waals surface area (Å²) in [4.78, 5) is 22.5. The summed E-state index contributed by atoms with van der Waals surface area (Å²) in [7, 11) is 2.43. The van der Waals surface area contributed by atoms with E-state index in [-0.39, 0.29) is 17.0 Å². The monoisotopic (exact) mass is 416 g/mol. The van der Waals surface area contributed by atoms with E-state index in [1.54, 1.807) is 18.2 Å². The van der Waals surface area contributed by atoms with Crippen LogP contribution in [0.25, 0.3) is 0 Å². The first-order valence-electron chi connectivity index (χ1n) is 7.56. The molecule has 0 radical (unpaired) electrons. The van der Waals surface area contributed by atoms with Gasteiger partial charge in [-0.2, -0.15) is 0 Å². The fourth-order valence-electron chi connectivity index (χ4n) is 1.61. The lowest BCUT2D eigenvalue weighted by molar-refractivity contribution is 0.0224. The van der Waals surface area contributed by atoms with Crippen molar-refractivity contribution in [2.24, 2.45) is 0 Å². The number of thiocarbonyl (C=S) groups is 2. The van der Waals surface area contributed by atoms with E-state index in [0.29, 0.717) is 23.7 Å². The van der Waals surface area contributed by atoms with E-state index in [2.05, 4.69) is 30.7 Å². The van der Waals surface area contributed by atoms with E-state index < -0.39 is 12.2 Å². The number of carbonyl (C=O) groups is 2. The Morgan fingerprint density at radius 3 is 2.04 bits per heavy atom. The van der Waals surface area contributed by atoms with Crippen LogP contribution < -0.4 is 26.0 Å². The first-order chi connectivity index (χ1) is 12.9. The third-order valence-electron chi connectivity index (χ3n) is 2.80. The highest BCUT2D eigenvalue weighted by Gasteiger charge is 2.12. The molecule has 0 heterocycles. The molecule has 0 saturated heterocycles. The molecule has 10 nitrogen and oxygen atoms in total. The van der Waals surface area contributed by atoms with Gasteiger partial charge in [0.15, 0.2) is 17.0 Å². The van der Waals surface area contributed by atoms with Crippen molar-refractivity contribution in [1.29, 1.82) is 0 Å². The zero-order valence-electron chi connectivity index (χ0n) is 14.9. The first-order valence-corrected chi connectivity index (χ1v) is 8.37. The Hall–Kier alpha value is -2.70. The fourth-order valence-corrected chi connectivity index (χ4v) is 2.00. The number of methoxy groups -OCH3 is 2. The molecule has 0 aliphatic heterocycles. The summed E-state index contributed by atoms with van der Waals surface area (Å²) in [6, 6.07) is 4.90. The fraction of sp³-hybridized carbons (Fsp3) is 0.333. The average Bonchev–Trinajstić information content (AvgIpc) is 2.63. The number of carbonyl (C=O) groups excluding carboxylic acids is 2. The van der Waals surface area contributed by atoms with Gasteiger partial charge in [-0.25, -0.2) is 9.59 Å². The summed E-state index contributed by atoms with van der Waals surface area (Å²) in [5.41, 5.74) is 0.869. The van der Waals surface area contributed by atoms with Crippen LogP contribution in [-0.4, -0.2) is 50.0 Å². The molecule has 4 N–H and O–H groups in total. The average molecular weight is 416 g/mol. The van der Waals surface area contributed by atoms with Crippen LogP contribution in [0.4, 0.5) is 21.0 Å². The summed E-state index contributed by atoms with van der Waals surface area (Å²) in [6.45, 7) is 2.41. The maximum atomic E-state index is 11.3. The van der Waals surface area contributed by atoms with Gasteiger partial charge >= 0.3 is 12.2 Å². The molecule has 12 heteroatoms. The van der Waals surface area contributed by atoms with Gasteiger partial charge in [0.25, 0.3) is 0 Å². The molecule has 2 amide bonds. The van der Waals surface area contributed by atoms with E-state index in [1.807, 2.05) is 6.92 Å². The Labute approximate surface area is 166 Å². The topological polar surface area (TPSA) is 119 Å². The second-order valence-corrected chi connectivity index (χ2v) is 5.42. The number of alkyl carbamates (subject to hydrolysis) is 2. The van der Waals surface area contributed by atoms with Gasteiger partial charge in [-0.3, -0.25) is 10.6 Å². The van der Waals surface area contributed by atoms with Crippen molar-refractivity contribution in [1.82, 2.24) is 10.6 Å². The van der Waals surface area contributed by atoms with Crippen LogP contribution in [0.1, 0.15) is 6.92 Å². The van der Waals surface area contributed by atoms with Crippen LogP contribution in [-0.2, 0) is 14.2 Å². The number of benzene rings is 1. The van der Waals surface area contributed by atoms with Gasteiger partial charge in [-0.15, -0.1) is 0 Å². The smallest absolute Gasteiger partial charge is 0.413 e. The summed E-state index contributed by atoms with van der Waals surface area (Å²) >= 11 is 10.1. The van der Waals surface area contributed by atoms with E-state index >= 15 is 0 Å². The summed E-state index contributed by atoms with van der Waals surface area (Å²) in [6.07, 6.45) is -1.45.